The maximum atomic E-state index is 13.3. The molecule has 0 bridgehead atoms. The summed E-state index contributed by atoms with van der Waals surface area (Å²) in [6.07, 6.45) is 4.65. The van der Waals surface area contributed by atoms with E-state index in [1.54, 1.807) is 13.0 Å². The predicted molar refractivity (Wildman–Crippen MR) is 59.9 cm³/mol. The van der Waals surface area contributed by atoms with Crippen molar-refractivity contribution in [1.82, 2.24) is 4.90 Å². The molecule has 1 fully saturated rings. The summed E-state index contributed by atoms with van der Waals surface area (Å²) in [5.74, 6) is -0.0870. The Balaban J connectivity index is 2.00. The molecule has 1 heterocycles. The molecule has 2 rings (SSSR count). The summed E-state index contributed by atoms with van der Waals surface area (Å²) in [5.41, 5.74) is 1.81. The average molecular weight is 206 g/mol. The highest BCUT2D eigenvalue weighted by atomic mass is 19.1. The van der Waals surface area contributed by atoms with Crippen LogP contribution in [0.15, 0.2) is 18.2 Å². The van der Waals surface area contributed by atoms with Gasteiger partial charge in [0.2, 0.25) is 0 Å². The lowest BCUT2D eigenvalue weighted by atomic mass is 10.1. The highest BCUT2D eigenvalue weighted by Gasteiger charge is 2.10. The first-order chi connectivity index (χ1) is 7.25. The topological polar surface area (TPSA) is 3.24 Å². The van der Waals surface area contributed by atoms with Crippen LogP contribution in [0.2, 0.25) is 0 Å². The van der Waals surface area contributed by atoms with Crippen molar-refractivity contribution in [1.29, 1.82) is 0 Å². The van der Waals surface area contributed by atoms with Gasteiger partial charge in [-0.1, -0.05) is 12.1 Å². The van der Waals surface area contributed by atoms with E-state index in [9.17, 15) is 4.39 Å². The first-order valence-electron chi connectivity index (χ1n) is 5.55. The van der Waals surface area contributed by atoms with E-state index in [4.69, 9.17) is 0 Å². The van der Waals surface area contributed by atoms with Crippen molar-refractivity contribution in [3.8, 4) is 0 Å². The third kappa shape index (κ3) is 2.78. The minimum Gasteiger partial charge on any atom is -0.299 e. The minimum absolute atomic E-state index is 0.0870. The molecule has 0 spiro atoms. The van der Waals surface area contributed by atoms with Gasteiger partial charge in [0.25, 0.3) is 0 Å². The van der Waals surface area contributed by atoms with Gasteiger partial charge < -0.3 is 0 Å². The summed E-state index contributed by atoms with van der Waals surface area (Å²) in [5, 5.41) is 0. The minimum atomic E-state index is -0.0870. The van der Waals surface area contributed by atoms with Gasteiger partial charge in [-0.3, -0.25) is 4.90 Å². The number of hydrogen-bond acceptors (Lipinski definition) is 1. The van der Waals surface area contributed by atoms with Gasteiger partial charge in [0.05, 0.1) is 0 Å². The largest absolute Gasteiger partial charge is 0.299 e. The Hall–Kier alpha value is -0.890. The first-order valence-corrected chi connectivity index (χ1v) is 5.55. The smallest absolute Gasteiger partial charge is 0.126 e. The first kappa shape index (κ1) is 10.6. The van der Waals surface area contributed by atoms with Crippen molar-refractivity contribution >= 4 is 0 Å². The van der Waals surface area contributed by atoms with Crippen LogP contribution in [0, 0.1) is 19.2 Å². The van der Waals surface area contributed by atoms with Gasteiger partial charge in [0.1, 0.15) is 5.82 Å². The van der Waals surface area contributed by atoms with Gasteiger partial charge in [0.15, 0.2) is 0 Å². The fraction of sp³-hybridized carbons (Fsp3) is 0.462. The fourth-order valence-corrected chi connectivity index (χ4v) is 1.95. The SMILES string of the molecule is Cc1ccc(CN2CC[CH]CC2)cc1F. The molecule has 0 amide bonds. The molecule has 15 heavy (non-hydrogen) atoms. The summed E-state index contributed by atoms with van der Waals surface area (Å²) in [7, 11) is 0. The van der Waals surface area contributed by atoms with E-state index < -0.39 is 0 Å². The van der Waals surface area contributed by atoms with Gasteiger partial charge >= 0.3 is 0 Å². The Morgan fingerprint density at radius 2 is 2.00 bits per heavy atom. The molecule has 1 saturated heterocycles. The van der Waals surface area contributed by atoms with Gasteiger partial charge in [-0.2, -0.15) is 0 Å². The zero-order chi connectivity index (χ0) is 10.7. The zero-order valence-corrected chi connectivity index (χ0v) is 9.17. The fourth-order valence-electron chi connectivity index (χ4n) is 1.95. The molecule has 1 aliphatic heterocycles. The van der Waals surface area contributed by atoms with Crippen molar-refractivity contribution in [3.63, 3.8) is 0 Å². The number of piperidine rings is 1. The summed E-state index contributed by atoms with van der Waals surface area (Å²) in [6.45, 7) is 4.89. The molecule has 0 aromatic heterocycles. The number of hydrogen-bond donors (Lipinski definition) is 0. The van der Waals surface area contributed by atoms with Crippen LogP contribution in [0.5, 0.6) is 0 Å². The maximum absolute atomic E-state index is 13.3. The maximum Gasteiger partial charge on any atom is 0.126 e. The van der Waals surface area contributed by atoms with Crippen molar-refractivity contribution in [2.45, 2.75) is 26.3 Å². The van der Waals surface area contributed by atoms with E-state index in [-0.39, 0.29) is 5.82 Å². The monoisotopic (exact) mass is 206 g/mol. The molecular weight excluding hydrogens is 189 g/mol. The molecule has 0 atom stereocenters. The lowest BCUT2D eigenvalue weighted by Gasteiger charge is -2.26. The molecular formula is C13H17FN. The van der Waals surface area contributed by atoms with Crippen molar-refractivity contribution < 1.29 is 4.39 Å². The Labute approximate surface area is 90.9 Å². The quantitative estimate of drug-likeness (QED) is 0.719. The number of benzene rings is 1. The molecule has 1 aliphatic rings. The lowest BCUT2D eigenvalue weighted by Crippen LogP contribution is -2.29. The average Bonchev–Trinajstić information content (AvgIpc) is 2.25. The van der Waals surface area contributed by atoms with Crippen molar-refractivity contribution in [2.75, 3.05) is 13.1 Å². The second-order valence-electron chi connectivity index (χ2n) is 4.23. The van der Waals surface area contributed by atoms with Gasteiger partial charge in [-0.05, 0) is 56.5 Å². The standard InChI is InChI=1S/C13H17FN/c1-11-5-6-12(9-13(11)14)10-15-7-3-2-4-8-15/h2,5-6,9H,3-4,7-8,10H2,1H3. The lowest BCUT2D eigenvalue weighted by molar-refractivity contribution is 0.245. The van der Waals surface area contributed by atoms with Crippen LogP contribution in [-0.4, -0.2) is 18.0 Å². The third-order valence-electron chi connectivity index (χ3n) is 2.94. The number of halogens is 1. The van der Waals surface area contributed by atoms with Gasteiger partial charge in [0, 0.05) is 6.54 Å². The summed E-state index contributed by atoms with van der Waals surface area (Å²) >= 11 is 0. The molecule has 1 nitrogen and oxygen atoms in total. The Morgan fingerprint density at radius 1 is 1.27 bits per heavy atom. The van der Waals surface area contributed by atoms with Crippen LogP contribution in [0.3, 0.4) is 0 Å². The van der Waals surface area contributed by atoms with E-state index in [1.807, 2.05) is 12.1 Å². The van der Waals surface area contributed by atoms with Crippen LogP contribution in [0.4, 0.5) is 4.39 Å². The Kier molecular flexibility index (Phi) is 3.37. The van der Waals surface area contributed by atoms with E-state index in [2.05, 4.69) is 11.3 Å². The summed E-state index contributed by atoms with van der Waals surface area (Å²) in [4.78, 5) is 2.38. The number of likely N-dealkylation sites (tertiary alicyclic amines) is 1. The number of rotatable bonds is 2. The molecule has 1 aromatic carbocycles. The van der Waals surface area contributed by atoms with E-state index in [1.165, 1.54) is 0 Å². The molecule has 0 N–H and O–H groups in total. The van der Waals surface area contributed by atoms with Crippen LogP contribution < -0.4 is 0 Å². The second kappa shape index (κ2) is 4.75. The van der Waals surface area contributed by atoms with Crippen LogP contribution in [0.1, 0.15) is 24.0 Å². The van der Waals surface area contributed by atoms with E-state index in [0.717, 1.165) is 43.6 Å². The van der Waals surface area contributed by atoms with E-state index in [0.29, 0.717) is 0 Å². The van der Waals surface area contributed by atoms with Crippen molar-refractivity contribution in [2.24, 2.45) is 0 Å². The summed E-state index contributed by atoms with van der Waals surface area (Å²) in [6, 6.07) is 5.55. The Bertz CT molecular complexity index is 329. The molecule has 81 valence electrons. The van der Waals surface area contributed by atoms with Gasteiger partial charge in [-0.25, -0.2) is 4.39 Å². The van der Waals surface area contributed by atoms with Gasteiger partial charge in [-0.15, -0.1) is 0 Å². The van der Waals surface area contributed by atoms with Crippen molar-refractivity contribution in [3.05, 3.63) is 41.6 Å². The van der Waals surface area contributed by atoms with Crippen LogP contribution in [0.25, 0.3) is 0 Å². The Morgan fingerprint density at radius 3 is 2.67 bits per heavy atom. The molecule has 0 saturated carbocycles. The predicted octanol–water partition coefficient (Wildman–Crippen LogP) is 2.93. The number of nitrogens with zero attached hydrogens (tertiary/aromatic N) is 1. The highest BCUT2D eigenvalue weighted by Crippen LogP contribution is 2.14. The number of aryl methyl sites for hydroxylation is 1. The normalized spacial score (nSPS) is 18.0. The van der Waals surface area contributed by atoms with Crippen LogP contribution in [-0.2, 0) is 6.54 Å². The molecule has 0 unspecified atom stereocenters. The zero-order valence-electron chi connectivity index (χ0n) is 9.17. The molecule has 0 aliphatic carbocycles. The van der Waals surface area contributed by atoms with E-state index >= 15 is 0 Å². The molecule has 1 aromatic rings. The highest BCUT2D eigenvalue weighted by molar-refractivity contribution is 5.23. The summed E-state index contributed by atoms with van der Waals surface area (Å²) < 4.78 is 13.3. The molecule has 1 radical (unpaired) electrons. The molecule has 2 heteroatoms. The van der Waals surface area contributed by atoms with Crippen LogP contribution >= 0.6 is 0 Å². The third-order valence-corrected chi connectivity index (χ3v) is 2.94. The second-order valence-corrected chi connectivity index (χ2v) is 4.23.